The average molecular weight is 374 g/mol. The van der Waals surface area contributed by atoms with Gasteiger partial charge in [0, 0.05) is 22.6 Å². The van der Waals surface area contributed by atoms with Gasteiger partial charge in [0.1, 0.15) is 5.82 Å². The van der Waals surface area contributed by atoms with Gasteiger partial charge in [-0.25, -0.2) is 4.39 Å². The third kappa shape index (κ3) is 3.51. The molecule has 0 aliphatic heterocycles. The lowest BCUT2D eigenvalue weighted by atomic mass is 10.1. The summed E-state index contributed by atoms with van der Waals surface area (Å²) in [7, 11) is 0. The Morgan fingerprint density at radius 3 is 2.76 bits per heavy atom. The van der Waals surface area contributed by atoms with Crippen molar-refractivity contribution >= 4 is 38.9 Å². The fourth-order valence-electron chi connectivity index (χ4n) is 1.95. The van der Waals surface area contributed by atoms with E-state index in [1.165, 1.54) is 18.2 Å². The number of hydrogen-bond acceptors (Lipinski definition) is 3. The summed E-state index contributed by atoms with van der Waals surface area (Å²) in [6.07, 6.45) is 0. The highest BCUT2D eigenvalue weighted by Gasteiger charge is 2.14. The molecule has 4 nitrogen and oxygen atoms in total. The molecule has 7 heteroatoms. The van der Waals surface area contributed by atoms with Gasteiger partial charge in [0.15, 0.2) is 0 Å². The molecule has 0 atom stereocenters. The number of hydrogen-bond donors (Lipinski definition) is 1. The number of nitrogens with zero attached hydrogens (tertiary/aromatic N) is 1. The lowest BCUT2D eigenvalue weighted by Crippen LogP contribution is -2.04. The van der Waals surface area contributed by atoms with Gasteiger partial charge in [0.05, 0.1) is 15.6 Å². The topological polar surface area (TPSA) is 55.2 Å². The SMILES string of the molecule is Cc1c(CNc2c(Cl)cc(F)cc2Br)cccc1[N+](=O)[O-]. The highest BCUT2D eigenvalue weighted by molar-refractivity contribution is 9.10. The largest absolute Gasteiger partial charge is 0.379 e. The molecule has 0 fully saturated rings. The number of nitrogens with one attached hydrogen (secondary N) is 1. The first-order chi connectivity index (χ1) is 9.90. The van der Waals surface area contributed by atoms with Crippen LogP contribution >= 0.6 is 27.5 Å². The Kier molecular flexibility index (Phi) is 4.80. The number of nitro groups is 1. The summed E-state index contributed by atoms with van der Waals surface area (Å²) in [4.78, 5) is 10.5. The van der Waals surface area contributed by atoms with Crippen molar-refractivity contribution in [1.29, 1.82) is 0 Å². The molecule has 0 spiro atoms. The Morgan fingerprint density at radius 1 is 1.43 bits per heavy atom. The van der Waals surface area contributed by atoms with Crippen LogP contribution in [0.1, 0.15) is 11.1 Å². The predicted molar refractivity (Wildman–Crippen MR) is 84.3 cm³/mol. The highest BCUT2D eigenvalue weighted by atomic mass is 79.9. The quantitative estimate of drug-likeness (QED) is 0.601. The van der Waals surface area contributed by atoms with Crippen molar-refractivity contribution in [3.63, 3.8) is 0 Å². The second-order valence-electron chi connectivity index (χ2n) is 4.42. The minimum Gasteiger partial charge on any atom is -0.379 e. The van der Waals surface area contributed by atoms with E-state index in [0.29, 0.717) is 22.3 Å². The third-order valence-corrected chi connectivity index (χ3v) is 4.00. The standard InChI is InChI=1S/C14H11BrClFN2O2/c1-8-9(3-2-4-13(8)19(20)21)7-18-14-11(15)5-10(17)6-12(14)16/h2-6,18H,7H2,1H3. The van der Waals surface area contributed by atoms with Crippen molar-refractivity contribution in [3.8, 4) is 0 Å². The molecule has 2 rings (SSSR count). The molecule has 0 saturated heterocycles. The van der Waals surface area contributed by atoms with E-state index >= 15 is 0 Å². The molecule has 0 radical (unpaired) electrons. The van der Waals surface area contributed by atoms with Crippen molar-refractivity contribution in [2.45, 2.75) is 13.5 Å². The number of anilines is 1. The van der Waals surface area contributed by atoms with E-state index in [-0.39, 0.29) is 10.7 Å². The number of nitro benzene ring substituents is 1. The van der Waals surface area contributed by atoms with Crippen LogP contribution in [-0.4, -0.2) is 4.92 Å². The normalized spacial score (nSPS) is 10.5. The van der Waals surface area contributed by atoms with Gasteiger partial charge in [-0.05, 0) is 40.5 Å². The van der Waals surface area contributed by atoms with Crippen LogP contribution in [0.3, 0.4) is 0 Å². The van der Waals surface area contributed by atoms with Crippen molar-refractivity contribution in [3.05, 3.63) is 66.9 Å². The van der Waals surface area contributed by atoms with Crippen LogP contribution in [-0.2, 0) is 6.54 Å². The van der Waals surface area contributed by atoms with Gasteiger partial charge in [-0.15, -0.1) is 0 Å². The Hall–Kier alpha value is -1.66. The zero-order chi connectivity index (χ0) is 15.6. The lowest BCUT2D eigenvalue weighted by molar-refractivity contribution is -0.385. The molecule has 0 heterocycles. The molecule has 2 aromatic carbocycles. The summed E-state index contributed by atoms with van der Waals surface area (Å²) >= 11 is 9.21. The van der Waals surface area contributed by atoms with Gasteiger partial charge in [-0.1, -0.05) is 23.7 Å². The molecular formula is C14H11BrClFN2O2. The Balaban J connectivity index is 2.25. The van der Waals surface area contributed by atoms with Crippen LogP contribution in [0, 0.1) is 22.9 Å². The second kappa shape index (κ2) is 6.41. The van der Waals surface area contributed by atoms with Gasteiger partial charge in [-0.3, -0.25) is 10.1 Å². The van der Waals surface area contributed by atoms with Crippen molar-refractivity contribution < 1.29 is 9.31 Å². The van der Waals surface area contributed by atoms with E-state index < -0.39 is 10.7 Å². The lowest BCUT2D eigenvalue weighted by Gasteiger charge is -2.12. The average Bonchev–Trinajstić information content (AvgIpc) is 2.38. The molecule has 0 aliphatic carbocycles. The molecule has 0 aromatic heterocycles. The van der Waals surface area contributed by atoms with Gasteiger partial charge < -0.3 is 5.32 Å². The van der Waals surface area contributed by atoms with E-state index in [4.69, 9.17) is 11.6 Å². The molecule has 110 valence electrons. The fraction of sp³-hybridized carbons (Fsp3) is 0.143. The van der Waals surface area contributed by atoms with E-state index in [2.05, 4.69) is 21.2 Å². The van der Waals surface area contributed by atoms with Gasteiger partial charge in [0.2, 0.25) is 0 Å². The van der Waals surface area contributed by atoms with Crippen LogP contribution in [0.15, 0.2) is 34.8 Å². The first kappa shape index (κ1) is 15.7. The van der Waals surface area contributed by atoms with E-state index in [1.54, 1.807) is 19.1 Å². The summed E-state index contributed by atoms with van der Waals surface area (Å²) in [5.74, 6) is -0.441. The smallest absolute Gasteiger partial charge is 0.272 e. The summed E-state index contributed by atoms with van der Waals surface area (Å²) in [5, 5.41) is 14.2. The molecule has 0 unspecified atom stereocenters. The van der Waals surface area contributed by atoms with Crippen molar-refractivity contribution in [2.24, 2.45) is 0 Å². The van der Waals surface area contributed by atoms with Crippen LogP contribution in [0.4, 0.5) is 15.8 Å². The van der Waals surface area contributed by atoms with Crippen LogP contribution in [0.25, 0.3) is 0 Å². The monoisotopic (exact) mass is 372 g/mol. The van der Waals surface area contributed by atoms with Gasteiger partial charge >= 0.3 is 0 Å². The van der Waals surface area contributed by atoms with Crippen LogP contribution < -0.4 is 5.32 Å². The first-order valence-electron chi connectivity index (χ1n) is 6.01. The molecule has 1 N–H and O–H groups in total. The minimum absolute atomic E-state index is 0.0681. The molecular weight excluding hydrogens is 363 g/mol. The number of rotatable bonds is 4. The maximum atomic E-state index is 13.2. The number of halogens is 3. The summed E-state index contributed by atoms with van der Waals surface area (Å²) in [6, 6.07) is 7.38. The molecule has 0 aliphatic rings. The van der Waals surface area contributed by atoms with Crippen LogP contribution in [0.2, 0.25) is 5.02 Å². The van der Waals surface area contributed by atoms with Crippen molar-refractivity contribution in [1.82, 2.24) is 0 Å². The Bertz CT molecular complexity index is 686. The maximum Gasteiger partial charge on any atom is 0.272 e. The third-order valence-electron chi connectivity index (χ3n) is 3.08. The molecule has 0 amide bonds. The van der Waals surface area contributed by atoms with Gasteiger partial charge in [0.25, 0.3) is 5.69 Å². The number of benzene rings is 2. The first-order valence-corrected chi connectivity index (χ1v) is 7.18. The maximum absolute atomic E-state index is 13.2. The summed E-state index contributed by atoms with van der Waals surface area (Å²) in [6.45, 7) is 2.04. The van der Waals surface area contributed by atoms with E-state index in [1.807, 2.05) is 0 Å². The summed E-state index contributed by atoms with van der Waals surface area (Å²) < 4.78 is 13.7. The van der Waals surface area contributed by atoms with E-state index in [0.717, 1.165) is 5.56 Å². The second-order valence-corrected chi connectivity index (χ2v) is 5.68. The van der Waals surface area contributed by atoms with E-state index in [9.17, 15) is 14.5 Å². The molecule has 0 saturated carbocycles. The molecule has 2 aromatic rings. The highest BCUT2D eigenvalue weighted by Crippen LogP contribution is 2.32. The zero-order valence-electron chi connectivity index (χ0n) is 11.0. The minimum atomic E-state index is -0.441. The molecule has 21 heavy (non-hydrogen) atoms. The Morgan fingerprint density at radius 2 is 2.14 bits per heavy atom. The Labute approximate surface area is 134 Å². The molecule has 0 bridgehead atoms. The van der Waals surface area contributed by atoms with Gasteiger partial charge in [-0.2, -0.15) is 0 Å². The van der Waals surface area contributed by atoms with Crippen molar-refractivity contribution in [2.75, 3.05) is 5.32 Å². The van der Waals surface area contributed by atoms with Crippen LogP contribution in [0.5, 0.6) is 0 Å². The predicted octanol–water partition coefficient (Wildman–Crippen LogP) is 5.07. The fourth-order valence-corrected chi connectivity index (χ4v) is 2.91. The summed E-state index contributed by atoms with van der Waals surface area (Å²) in [5.41, 5.74) is 1.98. The zero-order valence-corrected chi connectivity index (χ0v) is 13.3.